The fraction of sp³-hybridized carbons (Fsp3) is 0.455. The molecule has 0 unspecified atom stereocenters. The molecule has 84 valence electrons. The lowest BCUT2D eigenvalue weighted by atomic mass is 10.1. The van der Waals surface area contributed by atoms with Gasteiger partial charge in [-0.15, -0.1) is 0 Å². The van der Waals surface area contributed by atoms with Crippen LogP contribution in [0.1, 0.15) is 12.0 Å². The first kappa shape index (κ1) is 12.3. The van der Waals surface area contributed by atoms with E-state index < -0.39 is 0 Å². The van der Waals surface area contributed by atoms with E-state index in [9.17, 15) is 0 Å². The summed E-state index contributed by atoms with van der Waals surface area (Å²) in [4.78, 5) is 0. The maximum absolute atomic E-state index is 8.78. The average Bonchev–Trinajstić information content (AvgIpc) is 2.26. The highest BCUT2D eigenvalue weighted by Crippen LogP contribution is 2.33. The van der Waals surface area contributed by atoms with Crippen LogP contribution in [0.3, 0.4) is 0 Å². The van der Waals surface area contributed by atoms with Crippen molar-refractivity contribution in [3.05, 3.63) is 22.2 Å². The number of ether oxygens (including phenoxy) is 2. The van der Waals surface area contributed by atoms with E-state index in [4.69, 9.17) is 14.6 Å². The van der Waals surface area contributed by atoms with Gasteiger partial charge in [0.2, 0.25) is 0 Å². The van der Waals surface area contributed by atoms with Crippen molar-refractivity contribution in [2.75, 3.05) is 20.8 Å². The molecule has 0 radical (unpaired) electrons. The van der Waals surface area contributed by atoms with Crippen LogP contribution in [0.2, 0.25) is 0 Å². The zero-order valence-electron chi connectivity index (χ0n) is 8.92. The van der Waals surface area contributed by atoms with Crippen molar-refractivity contribution < 1.29 is 14.6 Å². The highest BCUT2D eigenvalue weighted by molar-refractivity contribution is 9.10. The molecule has 1 aromatic carbocycles. The molecule has 0 fully saturated rings. The molecule has 1 N–H and O–H groups in total. The SMILES string of the molecule is COc1cc(OC)c(CCCO)cc1Br. The van der Waals surface area contributed by atoms with Crippen molar-refractivity contribution in [1.29, 1.82) is 0 Å². The number of aliphatic hydroxyl groups excluding tert-OH is 1. The molecule has 0 aliphatic rings. The highest BCUT2D eigenvalue weighted by Gasteiger charge is 2.08. The average molecular weight is 275 g/mol. The fourth-order valence-corrected chi connectivity index (χ4v) is 1.94. The minimum absolute atomic E-state index is 0.187. The Labute approximate surface area is 98.1 Å². The number of halogens is 1. The first-order valence-corrected chi connectivity index (χ1v) is 5.53. The maximum atomic E-state index is 8.78. The summed E-state index contributed by atoms with van der Waals surface area (Å²) in [7, 11) is 3.25. The lowest BCUT2D eigenvalue weighted by Crippen LogP contribution is -1.96. The molecule has 0 bridgehead atoms. The topological polar surface area (TPSA) is 38.7 Å². The van der Waals surface area contributed by atoms with Crippen LogP contribution in [0.25, 0.3) is 0 Å². The van der Waals surface area contributed by atoms with Gasteiger partial charge in [-0.25, -0.2) is 0 Å². The summed E-state index contributed by atoms with van der Waals surface area (Å²) in [5.41, 5.74) is 1.07. The van der Waals surface area contributed by atoms with Gasteiger partial charge >= 0.3 is 0 Å². The quantitative estimate of drug-likeness (QED) is 0.896. The monoisotopic (exact) mass is 274 g/mol. The van der Waals surface area contributed by atoms with Crippen molar-refractivity contribution in [1.82, 2.24) is 0 Å². The first-order chi connectivity index (χ1) is 7.22. The van der Waals surface area contributed by atoms with Crippen LogP contribution in [0.4, 0.5) is 0 Å². The van der Waals surface area contributed by atoms with Crippen LogP contribution in [0.5, 0.6) is 11.5 Å². The Bertz CT molecular complexity index is 326. The van der Waals surface area contributed by atoms with Crippen LogP contribution in [0.15, 0.2) is 16.6 Å². The maximum Gasteiger partial charge on any atom is 0.136 e. The van der Waals surface area contributed by atoms with E-state index in [1.165, 1.54) is 0 Å². The summed E-state index contributed by atoms with van der Waals surface area (Å²) < 4.78 is 11.3. The van der Waals surface area contributed by atoms with E-state index in [0.29, 0.717) is 0 Å². The fourth-order valence-electron chi connectivity index (χ4n) is 1.39. The number of hydrogen-bond acceptors (Lipinski definition) is 3. The number of aliphatic hydroxyl groups is 1. The number of rotatable bonds is 5. The lowest BCUT2D eigenvalue weighted by Gasteiger charge is -2.11. The Kier molecular flexibility index (Phi) is 4.91. The number of methoxy groups -OCH3 is 2. The predicted molar refractivity (Wildman–Crippen MR) is 62.7 cm³/mol. The van der Waals surface area contributed by atoms with E-state index in [1.54, 1.807) is 14.2 Å². The predicted octanol–water partition coefficient (Wildman–Crippen LogP) is 2.39. The van der Waals surface area contributed by atoms with Gasteiger partial charge in [0, 0.05) is 12.7 Å². The molecule has 0 saturated carbocycles. The smallest absolute Gasteiger partial charge is 0.136 e. The second-order valence-corrected chi connectivity index (χ2v) is 3.98. The first-order valence-electron chi connectivity index (χ1n) is 4.74. The zero-order chi connectivity index (χ0) is 11.3. The minimum Gasteiger partial charge on any atom is -0.496 e. The van der Waals surface area contributed by atoms with E-state index in [0.717, 1.165) is 34.4 Å². The van der Waals surface area contributed by atoms with Crippen molar-refractivity contribution >= 4 is 15.9 Å². The molecule has 0 saturated heterocycles. The molecule has 0 aliphatic heterocycles. The lowest BCUT2D eigenvalue weighted by molar-refractivity contribution is 0.287. The van der Waals surface area contributed by atoms with E-state index >= 15 is 0 Å². The molecular weight excluding hydrogens is 260 g/mol. The molecule has 1 rings (SSSR count). The molecule has 3 nitrogen and oxygen atoms in total. The summed E-state index contributed by atoms with van der Waals surface area (Å²) in [5.74, 6) is 1.54. The summed E-state index contributed by atoms with van der Waals surface area (Å²) in [6.07, 6.45) is 1.53. The van der Waals surface area contributed by atoms with Gasteiger partial charge in [-0.05, 0) is 40.4 Å². The number of benzene rings is 1. The molecule has 0 heterocycles. The van der Waals surface area contributed by atoms with Crippen LogP contribution < -0.4 is 9.47 Å². The zero-order valence-corrected chi connectivity index (χ0v) is 10.5. The largest absolute Gasteiger partial charge is 0.496 e. The molecule has 0 atom stereocenters. The second kappa shape index (κ2) is 5.98. The van der Waals surface area contributed by atoms with Gasteiger partial charge in [0.25, 0.3) is 0 Å². The van der Waals surface area contributed by atoms with Crippen LogP contribution in [-0.2, 0) is 6.42 Å². The molecule has 0 aliphatic carbocycles. The van der Waals surface area contributed by atoms with Gasteiger partial charge in [-0.3, -0.25) is 0 Å². The standard InChI is InChI=1S/C11H15BrO3/c1-14-10-7-11(15-2)9(12)6-8(10)4-3-5-13/h6-7,13H,3-5H2,1-2H3. The van der Waals surface area contributed by atoms with Crippen LogP contribution in [0, 0.1) is 0 Å². The van der Waals surface area contributed by atoms with Crippen molar-refractivity contribution in [3.8, 4) is 11.5 Å². The summed E-state index contributed by atoms with van der Waals surface area (Å²) in [6.45, 7) is 0.187. The normalized spacial score (nSPS) is 10.1. The minimum atomic E-state index is 0.187. The van der Waals surface area contributed by atoms with Crippen LogP contribution in [-0.4, -0.2) is 25.9 Å². The third-order valence-corrected chi connectivity index (χ3v) is 2.78. The van der Waals surface area contributed by atoms with E-state index in [-0.39, 0.29) is 6.61 Å². The van der Waals surface area contributed by atoms with Crippen LogP contribution >= 0.6 is 15.9 Å². The second-order valence-electron chi connectivity index (χ2n) is 3.13. The third-order valence-electron chi connectivity index (χ3n) is 2.16. The molecular formula is C11H15BrO3. The third kappa shape index (κ3) is 3.11. The number of hydrogen-bond donors (Lipinski definition) is 1. The summed E-state index contributed by atoms with van der Waals surface area (Å²) >= 11 is 3.42. The summed E-state index contributed by atoms with van der Waals surface area (Å²) in [6, 6.07) is 3.81. The van der Waals surface area contributed by atoms with Crippen molar-refractivity contribution in [2.24, 2.45) is 0 Å². The Balaban J connectivity index is 2.98. The van der Waals surface area contributed by atoms with Gasteiger partial charge in [0.15, 0.2) is 0 Å². The molecule has 0 aromatic heterocycles. The van der Waals surface area contributed by atoms with Crippen molar-refractivity contribution in [2.45, 2.75) is 12.8 Å². The Hall–Kier alpha value is -0.740. The summed E-state index contributed by atoms with van der Waals surface area (Å²) in [5, 5.41) is 8.78. The Morgan fingerprint density at radius 2 is 1.87 bits per heavy atom. The van der Waals surface area contributed by atoms with Gasteiger partial charge in [-0.1, -0.05) is 0 Å². The van der Waals surface area contributed by atoms with E-state index in [2.05, 4.69) is 15.9 Å². The number of aryl methyl sites for hydroxylation is 1. The van der Waals surface area contributed by atoms with Gasteiger partial charge in [-0.2, -0.15) is 0 Å². The van der Waals surface area contributed by atoms with Gasteiger partial charge in [0.1, 0.15) is 11.5 Å². The van der Waals surface area contributed by atoms with Gasteiger partial charge < -0.3 is 14.6 Å². The van der Waals surface area contributed by atoms with E-state index in [1.807, 2.05) is 12.1 Å². The molecule has 0 amide bonds. The Morgan fingerprint density at radius 1 is 1.20 bits per heavy atom. The molecule has 4 heteroatoms. The Morgan fingerprint density at radius 3 is 2.40 bits per heavy atom. The highest BCUT2D eigenvalue weighted by atomic mass is 79.9. The molecule has 0 spiro atoms. The molecule has 15 heavy (non-hydrogen) atoms. The molecule has 1 aromatic rings. The van der Waals surface area contributed by atoms with Crippen molar-refractivity contribution in [3.63, 3.8) is 0 Å². The van der Waals surface area contributed by atoms with Gasteiger partial charge in [0.05, 0.1) is 18.7 Å².